The van der Waals surface area contributed by atoms with Crippen LogP contribution in [0.3, 0.4) is 0 Å². The molecule has 1 nitrogen and oxygen atoms in total. The van der Waals surface area contributed by atoms with Gasteiger partial charge in [-0.3, -0.25) is 5.32 Å². The largest absolute Gasteiger partial charge is 0.300 e. The summed E-state index contributed by atoms with van der Waals surface area (Å²) >= 11 is 1.86. The van der Waals surface area contributed by atoms with Gasteiger partial charge in [-0.05, 0) is 30.4 Å². The van der Waals surface area contributed by atoms with Gasteiger partial charge < -0.3 is 0 Å². The van der Waals surface area contributed by atoms with Crippen LogP contribution in [0.1, 0.15) is 25.5 Å². The van der Waals surface area contributed by atoms with Crippen molar-refractivity contribution in [1.82, 2.24) is 5.32 Å². The Hall–Kier alpha value is -0.910. The molecule has 0 fully saturated rings. The third kappa shape index (κ3) is 3.99. The highest BCUT2D eigenvalue weighted by Gasteiger charge is 2.02. The Kier molecular flexibility index (Phi) is 5.31. The Morgan fingerprint density at radius 1 is 1.40 bits per heavy atom. The van der Waals surface area contributed by atoms with Crippen molar-refractivity contribution in [3.05, 3.63) is 29.8 Å². The zero-order chi connectivity index (χ0) is 11.1. The first-order valence-electron chi connectivity index (χ1n) is 5.17. The molecular weight excluding hydrogens is 202 g/mol. The Morgan fingerprint density at radius 2 is 2.07 bits per heavy atom. The van der Waals surface area contributed by atoms with Gasteiger partial charge in [0.25, 0.3) is 0 Å². The zero-order valence-corrected chi connectivity index (χ0v) is 10.1. The van der Waals surface area contributed by atoms with E-state index in [-0.39, 0.29) is 0 Å². The molecule has 0 aliphatic rings. The standard InChI is InChI=1S/C13H17NS/c1-4-10-14-11(3)12-6-8-13(9-7-12)15-5-2/h1,6-9,11,14H,5,10H2,2-3H3. The second-order valence-corrected chi connectivity index (χ2v) is 4.65. The van der Waals surface area contributed by atoms with E-state index >= 15 is 0 Å². The predicted molar refractivity (Wildman–Crippen MR) is 68.1 cm³/mol. The summed E-state index contributed by atoms with van der Waals surface area (Å²) in [6, 6.07) is 8.97. The highest BCUT2D eigenvalue weighted by atomic mass is 32.2. The fourth-order valence-corrected chi connectivity index (χ4v) is 2.01. The van der Waals surface area contributed by atoms with Crippen LogP contribution in [0.4, 0.5) is 0 Å². The van der Waals surface area contributed by atoms with Crippen LogP contribution < -0.4 is 5.32 Å². The molecule has 15 heavy (non-hydrogen) atoms. The monoisotopic (exact) mass is 219 g/mol. The molecule has 0 amide bonds. The zero-order valence-electron chi connectivity index (χ0n) is 9.29. The van der Waals surface area contributed by atoms with E-state index in [2.05, 4.69) is 49.4 Å². The first kappa shape index (κ1) is 12.2. The van der Waals surface area contributed by atoms with Crippen molar-refractivity contribution in [3.8, 4) is 12.3 Å². The van der Waals surface area contributed by atoms with Gasteiger partial charge in [-0.25, -0.2) is 0 Å². The van der Waals surface area contributed by atoms with E-state index in [1.54, 1.807) is 0 Å². The van der Waals surface area contributed by atoms with Crippen LogP contribution in [0, 0.1) is 12.3 Å². The highest BCUT2D eigenvalue weighted by Crippen LogP contribution is 2.20. The molecule has 0 heterocycles. The highest BCUT2D eigenvalue weighted by molar-refractivity contribution is 7.99. The molecule has 80 valence electrons. The van der Waals surface area contributed by atoms with Crippen molar-refractivity contribution in [2.75, 3.05) is 12.3 Å². The smallest absolute Gasteiger partial charge is 0.0578 e. The number of benzene rings is 1. The summed E-state index contributed by atoms with van der Waals surface area (Å²) in [7, 11) is 0. The van der Waals surface area contributed by atoms with Crippen LogP contribution >= 0.6 is 11.8 Å². The summed E-state index contributed by atoms with van der Waals surface area (Å²) in [5.74, 6) is 3.70. The van der Waals surface area contributed by atoms with Gasteiger partial charge in [-0.2, -0.15) is 0 Å². The molecule has 0 spiro atoms. The Labute approximate surface area is 96.7 Å². The number of hydrogen-bond acceptors (Lipinski definition) is 2. The van der Waals surface area contributed by atoms with Gasteiger partial charge in [0.05, 0.1) is 6.54 Å². The van der Waals surface area contributed by atoms with Gasteiger partial charge in [-0.1, -0.05) is 25.0 Å². The summed E-state index contributed by atoms with van der Waals surface area (Å²) in [6.07, 6.45) is 5.20. The molecule has 0 aromatic heterocycles. The van der Waals surface area contributed by atoms with E-state index in [4.69, 9.17) is 6.42 Å². The van der Waals surface area contributed by atoms with Crippen molar-refractivity contribution in [3.63, 3.8) is 0 Å². The minimum absolute atomic E-state index is 0.321. The molecule has 0 aliphatic heterocycles. The van der Waals surface area contributed by atoms with E-state index in [9.17, 15) is 0 Å². The molecular formula is C13H17NS. The molecule has 0 radical (unpaired) electrons. The summed E-state index contributed by atoms with van der Waals surface area (Å²) in [5.41, 5.74) is 1.28. The van der Waals surface area contributed by atoms with Gasteiger partial charge in [-0.15, -0.1) is 18.2 Å². The lowest BCUT2D eigenvalue weighted by molar-refractivity contribution is 0.623. The molecule has 1 N–H and O–H groups in total. The van der Waals surface area contributed by atoms with Crippen molar-refractivity contribution in [1.29, 1.82) is 0 Å². The summed E-state index contributed by atoms with van der Waals surface area (Å²) < 4.78 is 0. The van der Waals surface area contributed by atoms with Gasteiger partial charge >= 0.3 is 0 Å². The fourth-order valence-electron chi connectivity index (χ4n) is 1.35. The van der Waals surface area contributed by atoms with Gasteiger partial charge in [0.1, 0.15) is 0 Å². The summed E-state index contributed by atoms with van der Waals surface area (Å²) in [4.78, 5) is 1.32. The number of rotatable bonds is 5. The maximum atomic E-state index is 5.20. The van der Waals surface area contributed by atoms with Crippen LogP contribution in [0.15, 0.2) is 29.2 Å². The lowest BCUT2D eigenvalue weighted by atomic mass is 10.1. The third-order valence-corrected chi connectivity index (χ3v) is 3.10. The maximum absolute atomic E-state index is 5.20. The Balaban J connectivity index is 2.59. The number of hydrogen-bond donors (Lipinski definition) is 1. The first-order chi connectivity index (χ1) is 7.27. The second kappa shape index (κ2) is 6.55. The van der Waals surface area contributed by atoms with E-state index in [0.29, 0.717) is 12.6 Å². The SMILES string of the molecule is C#CCNC(C)c1ccc(SCC)cc1. The van der Waals surface area contributed by atoms with Crippen LogP contribution in [0.5, 0.6) is 0 Å². The number of thioether (sulfide) groups is 1. The topological polar surface area (TPSA) is 12.0 Å². The van der Waals surface area contributed by atoms with Crippen molar-refractivity contribution in [2.45, 2.75) is 24.8 Å². The molecule has 2 heteroatoms. The molecule has 1 rings (SSSR count). The number of terminal acetylenes is 1. The summed E-state index contributed by atoms with van der Waals surface area (Å²) in [6.45, 7) is 4.90. The lowest BCUT2D eigenvalue weighted by Gasteiger charge is -2.12. The molecule has 0 saturated carbocycles. The van der Waals surface area contributed by atoms with Crippen molar-refractivity contribution >= 4 is 11.8 Å². The molecule has 0 aliphatic carbocycles. The summed E-state index contributed by atoms with van der Waals surface area (Å²) in [5, 5.41) is 3.26. The molecule has 1 atom stereocenters. The van der Waals surface area contributed by atoms with Crippen LogP contribution in [0.2, 0.25) is 0 Å². The van der Waals surface area contributed by atoms with Crippen LogP contribution in [0.25, 0.3) is 0 Å². The third-order valence-electron chi connectivity index (χ3n) is 2.20. The van der Waals surface area contributed by atoms with E-state index in [1.807, 2.05) is 11.8 Å². The van der Waals surface area contributed by atoms with Crippen LogP contribution in [-0.2, 0) is 0 Å². The second-order valence-electron chi connectivity index (χ2n) is 3.31. The Morgan fingerprint density at radius 3 is 2.60 bits per heavy atom. The van der Waals surface area contributed by atoms with Gasteiger partial charge in [0, 0.05) is 10.9 Å². The van der Waals surface area contributed by atoms with Gasteiger partial charge in [0.15, 0.2) is 0 Å². The average Bonchev–Trinajstić information content (AvgIpc) is 2.27. The Bertz CT molecular complexity index is 323. The fraction of sp³-hybridized carbons (Fsp3) is 0.385. The number of nitrogens with one attached hydrogen (secondary N) is 1. The maximum Gasteiger partial charge on any atom is 0.0578 e. The van der Waals surface area contributed by atoms with E-state index in [1.165, 1.54) is 10.5 Å². The molecule has 0 saturated heterocycles. The average molecular weight is 219 g/mol. The first-order valence-corrected chi connectivity index (χ1v) is 6.16. The molecule has 0 bridgehead atoms. The quantitative estimate of drug-likeness (QED) is 0.603. The molecule has 1 unspecified atom stereocenters. The molecule has 1 aromatic rings. The lowest BCUT2D eigenvalue weighted by Crippen LogP contribution is -2.18. The minimum Gasteiger partial charge on any atom is -0.300 e. The van der Waals surface area contributed by atoms with E-state index < -0.39 is 0 Å². The molecule has 1 aromatic carbocycles. The van der Waals surface area contributed by atoms with Crippen molar-refractivity contribution in [2.24, 2.45) is 0 Å². The van der Waals surface area contributed by atoms with E-state index in [0.717, 1.165) is 5.75 Å². The van der Waals surface area contributed by atoms with Crippen molar-refractivity contribution < 1.29 is 0 Å². The predicted octanol–water partition coefficient (Wildman–Crippen LogP) is 3.08. The van der Waals surface area contributed by atoms with Crippen LogP contribution in [-0.4, -0.2) is 12.3 Å². The minimum atomic E-state index is 0.321. The normalized spacial score (nSPS) is 12.1. The van der Waals surface area contributed by atoms with Gasteiger partial charge in [0.2, 0.25) is 0 Å².